The third-order valence-electron chi connectivity index (χ3n) is 11.9. The maximum atomic E-state index is 13.8. The molecule has 0 bridgehead atoms. The fourth-order valence-electron chi connectivity index (χ4n) is 8.55. The lowest BCUT2D eigenvalue weighted by Gasteiger charge is -2.42. The van der Waals surface area contributed by atoms with E-state index in [0.29, 0.717) is 61.8 Å². The summed E-state index contributed by atoms with van der Waals surface area (Å²) in [5.74, 6) is -0.610. The molecule has 0 radical (unpaired) electrons. The van der Waals surface area contributed by atoms with Crippen LogP contribution in [0.1, 0.15) is 74.4 Å². The summed E-state index contributed by atoms with van der Waals surface area (Å²) < 4.78 is 47.6. The van der Waals surface area contributed by atoms with Gasteiger partial charge in [-0.2, -0.15) is 18.4 Å². The van der Waals surface area contributed by atoms with Gasteiger partial charge >= 0.3 is 6.18 Å². The van der Waals surface area contributed by atoms with Gasteiger partial charge < -0.3 is 9.64 Å². The Hall–Kier alpha value is -4.95. The molecule has 2 aromatic carbocycles. The van der Waals surface area contributed by atoms with Crippen molar-refractivity contribution in [3.8, 4) is 11.8 Å². The Morgan fingerprint density at radius 1 is 1.08 bits per heavy atom. The third-order valence-corrected chi connectivity index (χ3v) is 12.5. The number of benzene rings is 2. The molecule has 4 fully saturated rings. The number of imide groups is 1. The van der Waals surface area contributed by atoms with Gasteiger partial charge in [-0.05, 0) is 111 Å². The number of aromatic nitrogens is 1. The number of rotatable bonds is 13. The number of halogens is 4. The number of nitriles is 1. The number of alkyl halides is 3. The highest BCUT2D eigenvalue weighted by Crippen LogP contribution is 2.44. The Kier molecular flexibility index (Phi) is 12.1. The van der Waals surface area contributed by atoms with Gasteiger partial charge in [0.15, 0.2) is 16.6 Å². The number of piperazine rings is 1. The number of Topliss-reactive ketones (excluding diaryl/α,β-unsaturated/α-hetero) is 1. The lowest BCUT2D eigenvalue weighted by Crippen LogP contribution is -2.56. The largest absolute Gasteiger partial charge is 0.492 e. The maximum absolute atomic E-state index is 13.8. The predicted octanol–water partition coefficient (Wildman–Crippen LogP) is 6.04. The molecule has 1 unspecified atom stereocenters. The van der Waals surface area contributed by atoms with Crippen LogP contribution in [0.3, 0.4) is 0 Å². The number of ketones is 1. The zero-order chi connectivity index (χ0) is 43.1. The van der Waals surface area contributed by atoms with E-state index in [-0.39, 0.29) is 46.3 Å². The van der Waals surface area contributed by atoms with Gasteiger partial charge in [0, 0.05) is 61.2 Å². The summed E-state index contributed by atoms with van der Waals surface area (Å²) in [5, 5.41) is 12.1. The molecule has 316 valence electrons. The number of ether oxygens (including phenoxy) is 1. The Morgan fingerprint density at radius 3 is 2.52 bits per heavy atom. The molecule has 3 aromatic rings. The van der Waals surface area contributed by atoms with E-state index in [0.717, 1.165) is 66.3 Å². The Balaban J connectivity index is 0.937. The van der Waals surface area contributed by atoms with Crippen LogP contribution in [-0.4, -0.2) is 93.8 Å². The van der Waals surface area contributed by atoms with Crippen LogP contribution in [0.2, 0.25) is 5.02 Å². The summed E-state index contributed by atoms with van der Waals surface area (Å²) in [5.41, 5.74) is -0.416. The van der Waals surface area contributed by atoms with Gasteiger partial charge in [0.05, 0.1) is 24.0 Å². The zero-order valence-corrected chi connectivity index (χ0v) is 35.1. The summed E-state index contributed by atoms with van der Waals surface area (Å²) in [6.07, 6.45) is 0.282. The van der Waals surface area contributed by atoms with E-state index in [1.165, 1.54) is 6.07 Å². The predicted molar refractivity (Wildman–Crippen MR) is 222 cm³/mol. The van der Waals surface area contributed by atoms with Crippen molar-refractivity contribution in [3.63, 3.8) is 0 Å². The van der Waals surface area contributed by atoms with Crippen LogP contribution in [0.4, 0.5) is 24.5 Å². The summed E-state index contributed by atoms with van der Waals surface area (Å²) in [4.78, 5) is 61.9. The van der Waals surface area contributed by atoms with E-state index < -0.39 is 28.9 Å². The standard InChI is InChI=1S/C43H45ClF3N7O5S/c1-4-28-20-31(54-40(60)53(39(58)41(54,2)3)32-21-34(43(45,46)47)35(22-48)49-23-32)6-7-36(28)59-14-13-51-11-12-52(42(25-51)9-10-42)24-33(55)19-27-15-26(17-30(44)18-27)16-29-5-8-37(56)50-38(29)57/h6-7,15,17-18,20-21,23,29H,4-5,8-14,16,19,24-25H2,1-3H3,(H,50,56,57). The first-order chi connectivity index (χ1) is 28.4. The van der Waals surface area contributed by atoms with E-state index >= 15 is 0 Å². The SMILES string of the molecule is CCc1cc(N2C(=S)N(c3cnc(C#N)c(C(F)(F)F)c3)C(=O)C2(C)C)ccc1OCCN1CCN(CC(=O)Cc2cc(Cl)cc(CC3CCC(=O)NC3=O)c2)C2(CC2)C1. The van der Waals surface area contributed by atoms with E-state index in [2.05, 4.69) is 20.1 Å². The van der Waals surface area contributed by atoms with Gasteiger partial charge in [0.25, 0.3) is 5.91 Å². The molecule has 1 aromatic heterocycles. The zero-order valence-electron chi connectivity index (χ0n) is 33.5. The number of hydrogen-bond donors (Lipinski definition) is 1. The first kappa shape index (κ1) is 43.1. The summed E-state index contributed by atoms with van der Waals surface area (Å²) in [7, 11) is 0. The first-order valence-corrected chi connectivity index (χ1v) is 20.7. The number of pyridine rings is 1. The van der Waals surface area contributed by atoms with Crippen LogP contribution in [0.15, 0.2) is 48.7 Å². The van der Waals surface area contributed by atoms with E-state index in [1.807, 2.05) is 31.2 Å². The number of hydrogen-bond acceptors (Lipinski definition) is 10. The van der Waals surface area contributed by atoms with Crippen LogP contribution in [0.25, 0.3) is 0 Å². The maximum Gasteiger partial charge on any atom is 0.419 e. The van der Waals surface area contributed by atoms with Crippen LogP contribution in [0.5, 0.6) is 5.75 Å². The monoisotopic (exact) mass is 863 g/mol. The summed E-state index contributed by atoms with van der Waals surface area (Å²) in [6.45, 7) is 9.04. The molecule has 1 saturated carbocycles. The number of anilines is 2. The highest BCUT2D eigenvalue weighted by Gasteiger charge is 2.52. The van der Waals surface area contributed by atoms with Gasteiger partial charge in [-0.25, -0.2) is 4.98 Å². The summed E-state index contributed by atoms with van der Waals surface area (Å²) in [6, 6.07) is 13.2. The molecular weight excluding hydrogens is 819 g/mol. The molecule has 1 N–H and O–H groups in total. The smallest absolute Gasteiger partial charge is 0.419 e. The fraction of sp³-hybridized carbons (Fsp3) is 0.465. The second-order valence-corrected chi connectivity index (χ2v) is 17.3. The highest BCUT2D eigenvalue weighted by atomic mass is 35.5. The van der Waals surface area contributed by atoms with Crippen molar-refractivity contribution in [1.82, 2.24) is 20.1 Å². The van der Waals surface area contributed by atoms with Gasteiger partial charge in [-0.15, -0.1) is 0 Å². The van der Waals surface area contributed by atoms with Crippen molar-refractivity contribution >= 4 is 63.8 Å². The second-order valence-electron chi connectivity index (χ2n) is 16.5. The molecule has 12 nitrogen and oxygen atoms in total. The molecule has 1 spiro atoms. The van der Waals surface area contributed by atoms with Crippen molar-refractivity contribution in [2.45, 2.75) is 83.0 Å². The van der Waals surface area contributed by atoms with E-state index in [1.54, 1.807) is 30.9 Å². The third kappa shape index (κ3) is 8.90. The van der Waals surface area contributed by atoms with Gasteiger partial charge in [0.2, 0.25) is 11.8 Å². The minimum absolute atomic E-state index is 0.0177. The number of amides is 3. The number of carbonyl (C=O) groups is 4. The number of thiocarbonyl (C=S) groups is 1. The van der Waals surface area contributed by atoms with E-state index in [9.17, 15) is 37.6 Å². The van der Waals surface area contributed by atoms with Gasteiger partial charge in [-0.1, -0.05) is 24.6 Å². The van der Waals surface area contributed by atoms with Crippen molar-refractivity contribution in [2.24, 2.45) is 5.92 Å². The van der Waals surface area contributed by atoms with Crippen molar-refractivity contribution in [2.75, 3.05) is 49.1 Å². The molecule has 3 saturated heterocycles. The Morgan fingerprint density at radius 2 is 1.83 bits per heavy atom. The molecule has 1 aliphatic carbocycles. The quantitative estimate of drug-likeness (QED) is 0.159. The van der Waals surface area contributed by atoms with Crippen LogP contribution < -0.4 is 19.9 Å². The molecule has 17 heteroatoms. The molecule has 4 aliphatic rings. The first-order valence-electron chi connectivity index (χ1n) is 20.0. The minimum atomic E-state index is -4.86. The van der Waals surface area contributed by atoms with Gasteiger partial charge in [-0.3, -0.25) is 39.2 Å². The number of piperidine rings is 1. The molecule has 4 heterocycles. The lowest BCUT2D eigenvalue weighted by molar-refractivity contribution is -0.138. The van der Waals surface area contributed by atoms with Crippen molar-refractivity contribution in [1.29, 1.82) is 5.26 Å². The molecule has 7 rings (SSSR count). The Bertz CT molecular complexity index is 2290. The van der Waals surface area contributed by atoms with Crippen LogP contribution >= 0.6 is 23.8 Å². The minimum Gasteiger partial charge on any atom is -0.492 e. The lowest BCUT2D eigenvalue weighted by atomic mass is 9.90. The number of carbonyl (C=O) groups excluding carboxylic acids is 4. The Labute approximate surface area is 356 Å². The molecule has 1 atom stereocenters. The molecule has 3 aliphatic heterocycles. The van der Waals surface area contributed by atoms with Gasteiger partial charge in [0.1, 0.15) is 24.0 Å². The van der Waals surface area contributed by atoms with Crippen molar-refractivity contribution in [3.05, 3.63) is 81.6 Å². The molecule has 60 heavy (non-hydrogen) atoms. The van der Waals surface area contributed by atoms with Crippen LogP contribution in [0, 0.1) is 17.2 Å². The van der Waals surface area contributed by atoms with Crippen molar-refractivity contribution < 1.29 is 37.1 Å². The highest BCUT2D eigenvalue weighted by molar-refractivity contribution is 7.81. The number of nitrogens with one attached hydrogen (secondary N) is 1. The molecular formula is C43H45ClF3N7O5S. The normalized spacial score (nSPS) is 20.4. The number of nitrogens with zero attached hydrogens (tertiary/aromatic N) is 6. The topological polar surface area (TPSA) is 139 Å². The van der Waals surface area contributed by atoms with E-state index in [4.69, 9.17) is 28.6 Å². The molecule has 3 amide bonds. The average Bonchev–Trinajstić information content (AvgIpc) is 3.92. The average molecular weight is 864 g/mol. The number of aryl methyl sites for hydroxylation is 1. The summed E-state index contributed by atoms with van der Waals surface area (Å²) >= 11 is 12.1. The fourth-order valence-corrected chi connectivity index (χ4v) is 9.35. The van der Waals surface area contributed by atoms with Crippen LogP contribution in [-0.2, 0) is 44.6 Å². The second kappa shape index (κ2) is 16.8.